The molecular formula is C13H18BrNO2S2. The topological polar surface area (TPSA) is 46.2 Å². The molecule has 1 heterocycles. The molecule has 1 atom stereocenters. The number of benzene rings is 1. The third-order valence-corrected chi connectivity index (χ3v) is 6.95. The van der Waals surface area contributed by atoms with Crippen LogP contribution in [0.3, 0.4) is 0 Å². The van der Waals surface area contributed by atoms with Crippen molar-refractivity contribution < 1.29 is 8.42 Å². The summed E-state index contributed by atoms with van der Waals surface area (Å²) in [5.41, 5.74) is 0.764. The molecule has 106 valence electrons. The fraction of sp³-hybridized carbons (Fsp3) is 0.538. The molecule has 0 spiro atoms. The summed E-state index contributed by atoms with van der Waals surface area (Å²) in [6, 6.07) is 5.31. The third-order valence-electron chi connectivity index (χ3n) is 3.38. The van der Waals surface area contributed by atoms with Crippen LogP contribution < -0.4 is 4.72 Å². The van der Waals surface area contributed by atoms with E-state index in [-0.39, 0.29) is 4.75 Å². The van der Waals surface area contributed by atoms with Gasteiger partial charge in [-0.25, -0.2) is 13.1 Å². The molecule has 0 amide bonds. The first-order chi connectivity index (χ1) is 8.82. The summed E-state index contributed by atoms with van der Waals surface area (Å²) in [4.78, 5) is 0.355. The zero-order valence-corrected chi connectivity index (χ0v) is 14.3. The van der Waals surface area contributed by atoms with E-state index < -0.39 is 10.0 Å². The van der Waals surface area contributed by atoms with Crippen LogP contribution in [-0.2, 0) is 10.0 Å². The average Bonchev–Trinajstić information content (AvgIpc) is 2.78. The van der Waals surface area contributed by atoms with Crippen LogP contribution in [0, 0.1) is 6.92 Å². The van der Waals surface area contributed by atoms with Crippen LogP contribution in [0.4, 0.5) is 0 Å². The summed E-state index contributed by atoms with van der Waals surface area (Å²) in [5.74, 6) is 1.12. The van der Waals surface area contributed by atoms with Crippen LogP contribution in [0.2, 0.25) is 0 Å². The van der Waals surface area contributed by atoms with E-state index in [0.29, 0.717) is 11.4 Å². The Morgan fingerprint density at radius 1 is 1.47 bits per heavy atom. The van der Waals surface area contributed by atoms with Gasteiger partial charge in [-0.2, -0.15) is 11.8 Å². The van der Waals surface area contributed by atoms with E-state index in [0.717, 1.165) is 22.2 Å². The van der Waals surface area contributed by atoms with E-state index in [9.17, 15) is 8.42 Å². The minimum Gasteiger partial charge on any atom is -0.210 e. The van der Waals surface area contributed by atoms with Gasteiger partial charge in [0.1, 0.15) is 0 Å². The highest BCUT2D eigenvalue weighted by atomic mass is 79.9. The molecule has 1 aliphatic rings. The van der Waals surface area contributed by atoms with Crippen molar-refractivity contribution >= 4 is 37.7 Å². The number of hydrogen-bond donors (Lipinski definition) is 1. The maximum Gasteiger partial charge on any atom is 0.240 e. The van der Waals surface area contributed by atoms with Crippen molar-refractivity contribution in [3.05, 3.63) is 28.2 Å². The predicted molar refractivity (Wildman–Crippen MR) is 84.2 cm³/mol. The first-order valence-electron chi connectivity index (χ1n) is 6.22. The monoisotopic (exact) mass is 363 g/mol. The maximum atomic E-state index is 12.4. The van der Waals surface area contributed by atoms with Gasteiger partial charge in [-0.15, -0.1) is 0 Å². The molecule has 0 saturated carbocycles. The van der Waals surface area contributed by atoms with Gasteiger partial charge in [0.15, 0.2) is 0 Å². The van der Waals surface area contributed by atoms with Crippen molar-refractivity contribution in [2.75, 3.05) is 12.3 Å². The second kappa shape index (κ2) is 5.76. The quantitative estimate of drug-likeness (QED) is 0.892. The fourth-order valence-electron chi connectivity index (χ4n) is 2.17. The largest absolute Gasteiger partial charge is 0.240 e. The Bertz CT molecular complexity index is 566. The highest BCUT2D eigenvalue weighted by Crippen LogP contribution is 2.37. The lowest BCUT2D eigenvalue weighted by Crippen LogP contribution is -2.36. The van der Waals surface area contributed by atoms with Gasteiger partial charge in [0.25, 0.3) is 0 Å². The van der Waals surface area contributed by atoms with Crippen molar-refractivity contribution in [2.45, 2.75) is 36.3 Å². The average molecular weight is 364 g/mol. The van der Waals surface area contributed by atoms with Crippen molar-refractivity contribution in [2.24, 2.45) is 0 Å². The molecule has 2 rings (SSSR count). The van der Waals surface area contributed by atoms with Gasteiger partial charge in [0.05, 0.1) is 4.90 Å². The molecule has 3 nitrogen and oxygen atoms in total. The van der Waals surface area contributed by atoms with E-state index in [1.54, 1.807) is 6.07 Å². The van der Waals surface area contributed by atoms with E-state index in [1.807, 2.05) is 30.8 Å². The number of sulfonamides is 1. The lowest BCUT2D eigenvalue weighted by Gasteiger charge is -2.23. The van der Waals surface area contributed by atoms with Gasteiger partial charge >= 0.3 is 0 Å². The standard InChI is InChI=1S/C13H18BrNO2S2/c1-10-4-5-11(14)8-12(10)19(16,17)15-9-13(2)6-3-7-18-13/h4-5,8,15H,3,6-7,9H2,1-2H3. The predicted octanol–water partition coefficient (Wildman–Crippen LogP) is 3.32. The van der Waals surface area contributed by atoms with Crippen LogP contribution in [-0.4, -0.2) is 25.5 Å². The first-order valence-corrected chi connectivity index (χ1v) is 9.48. The zero-order valence-electron chi connectivity index (χ0n) is 11.1. The van der Waals surface area contributed by atoms with Crippen molar-refractivity contribution in [3.63, 3.8) is 0 Å². The van der Waals surface area contributed by atoms with Crippen LogP contribution in [0.5, 0.6) is 0 Å². The van der Waals surface area contributed by atoms with Gasteiger partial charge in [-0.3, -0.25) is 0 Å². The van der Waals surface area contributed by atoms with Crippen molar-refractivity contribution in [1.82, 2.24) is 4.72 Å². The molecule has 0 aromatic heterocycles. The summed E-state index contributed by atoms with van der Waals surface area (Å²) < 4.78 is 28.3. The number of rotatable bonds is 4. The summed E-state index contributed by atoms with van der Waals surface area (Å²) in [7, 11) is -3.43. The smallest absolute Gasteiger partial charge is 0.210 e. The molecule has 1 unspecified atom stereocenters. The van der Waals surface area contributed by atoms with E-state index in [4.69, 9.17) is 0 Å². The SMILES string of the molecule is Cc1ccc(Br)cc1S(=O)(=O)NCC1(C)CCCS1. The van der Waals surface area contributed by atoms with Gasteiger partial charge in [0.2, 0.25) is 10.0 Å². The molecule has 1 aliphatic heterocycles. The Hall–Kier alpha value is -0.0400. The molecule has 0 aliphatic carbocycles. The second-order valence-corrected chi connectivity index (χ2v) is 9.47. The lowest BCUT2D eigenvalue weighted by molar-refractivity contribution is 0.552. The Labute approximate surface area is 127 Å². The zero-order chi connectivity index (χ0) is 14.1. The van der Waals surface area contributed by atoms with E-state index >= 15 is 0 Å². The summed E-state index contributed by atoms with van der Waals surface area (Å²) in [6.45, 7) is 4.43. The summed E-state index contributed by atoms with van der Waals surface area (Å²) in [6.07, 6.45) is 2.23. The van der Waals surface area contributed by atoms with Crippen molar-refractivity contribution in [3.8, 4) is 0 Å². The maximum absolute atomic E-state index is 12.4. The Balaban J connectivity index is 2.16. The third kappa shape index (κ3) is 3.74. The Morgan fingerprint density at radius 2 is 2.21 bits per heavy atom. The number of halogens is 1. The van der Waals surface area contributed by atoms with Gasteiger partial charge in [-0.05, 0) is 50.1 Å². The van der Waals surface area contributed by atoms with Gasteiger partial charge in [0, 0.05) is 15.8 Å². The molecular weight excluding hydrogens is 346 g/mol. The Kier molecular flexibility index (Phi) is 4.65. The summed E-state index contributed by atoms with van der Waals surface area (Å²) in [5, 5.41) is 0. The molecule has 19 heavy (non-hydrogen) atoms. The highest BCUT2D eigenvalue weighted by molar-refractivity contribution is 9.10. The molecule has 1 N–H and O–H groups in total. The molecule has 1 fully saturated rings. The van der Waals surface area contributed by atoms with E-state index in [2.05, 4.69) is 27.6 Å². The van der Waals surface area contributed by atoms with E-state index in [1.165, 1.54) is 6.42 Å². The summed E-state index contributed by atoms with van der Waals surface area (Å²) >= 11 is 5.17. The lowest BCUT2D eigenvalue weighted by atomic mass is 10.1. The van der Waals surface area contributed by atoms with Gasteiger partial charge < -0.3 is 0 Å². The molecule has 1 aromatic rings. The number of hydrogen-bond acceptors (Lipinski definition) is 3. The number of nitrogens with one attached hydrogen (secondary N) is 1. The minimum absolute atomic E-state index is 0.0347. The van der Waals surface area contributed by atoms with Crippen LogP contribution in [0.15, 0.2) is 27.6 Å². The normalized spacial score (nSPS) is 23.7. The second-order valence-electron chi connectivity index (χ2n) is 5.14. The number of aryl methyl sites for hydroxylation is 1. The number of thioether (sulfide) groups is 1. The molecule has 0 radical (unpaired) electrons. The molecule has 1 aromatic carbocycles. The highest BCUT2D eigenvalue weighted by Gasteiger charge is 2.31. The van der Waals surface area contributed by atoms with Crippen LogP contribution in [0.1, 0.15) is 25.3 Å². The molecule has 0 bridgehead atoms. The van der Waals surface area contributed by atoms with Crippen LogP contribution >= 0.6 is 27.7 Å². The van der Waals surface area contributed by atoms with Crippen LogP contribution in [0.25, 0.3) is 0 Å². The Morgan fingerprint density at radius 3 is 2.84 bits per heavy atom. The fourth-order valence-corrected chi connectivity index (χ4v) is 5.45. The van der Waals surface area contributed by atoms with Crippen molar-refractivity contribution in [1.29, 1.82) is 0 Å². The molecule has 6 heteroatoms. The first kappa shape index (κ1) is 15.4. The minimum atomic E-state index is -3.43. The van der Waals surface area contributed by atoms with Gasteiger partial charge in [-0.1, -0.05) is 22.0 Å². The molecule has 1 saturated heterocycles.